The largest absolute Gasteiger partial charge is 0.317 e. The van der Waals surface area contributed by atoms with Crippen LogP contribution in [0.1, 0.15) is 17.7 Å². The van der Waals surface area contributed by atoms with E-state index in [9.17, 15) is 0 Å². The molecule has 0 aliphatic carbocycles. The average Bonchev–Trinajstić information content (AvgIpc) is 2.71. The second kappa shape index (κ2) is 5.64. The van der Waals surface area contributed by atoms with Gasteiger partial charge in [-0.05, 0) is 50.3 Å². The molecule has 1 aromatic heterocycles. The van der Waals surface area contributed by atoms with Gasteiger partial charge in [0, 0.05) is 18.0 Å². The van der Waals surface area contributed by atoms with Crippen molar-refractivity contribution in [1.82, 2.24) is 10.2 Å². The maximum Gasteiger partial charge on any atom is 0.0324 e. The van der Waals surface area contributed by atoms with Crippen molar-refractivity contribution in [3.8, 4) is 0 Å². The Kier molecular flexibility index (Phi) is 4.18. The van der Waals surface area contributed by atoms with Crippen LogP contribution in [-0.2, 0) is 6.54 Å². The quantitative estimate of drug-likeness (QED) is 0.843. The van der Waals surface area contributed by atoms with Crippen molar-refractivity contribution in [3.05, 3.63) is 22.4 Å². The summed E-state index contributed by atoms with van der Waals surface area (Å²) in [6.45, 7) is 4.77. The summed E-state index contributed by atoms with van der Waals surface area (Å²) in [6, 6.07) is 4.36. The third-order valence-corrected chi connectivity index (χ3v) is 3.90. The third kappa shape index (κ3) is 3.59. The molecule has 0 atom stereocenters. The Morgan fingerprint density at radius 2 is 2.27 bits per heavy atom. The Morgan fingerprint density at radius 3 is 2.93 bits per heavy atom. The fourth-order valence-corrected chi connectivity index (χ4v) is 3.02. The van der Waals surface area contributed by atoms with Crippen molar-refractivity contribution < 1.29 is 0 Å². The molecular formula is C12H20N2S. The molecule has 1 fully saturated rings. The molecule has 1 aromatic rings. The molecule has 84 valence electrons. The molecule has 1 aliphatic rings. The molecule has 0 radical (unpaired) electrons. The maximum atomic E-state index is 3.42. The molecule has 3 heteroatoms. The molecule has 2 rings (SSSR count). The maximum absolute atomic E-state index is 3.42. The van der Waals surface area contributed by atoms with E-state index < -0.39 is 0 Å². The summed E-state index contributed by atoms with van der Waals surface area (Å²) < 4.78 is 0. The Balaban J connectivity index is 1.74. The summed E-state index contributed by atoms with van der Waals surface area (Å²) in [5, 5.41) is 5.58. The Hall–Kier alpha value is -0.380. The van der Waals surface area contributed by atoms with Crippen LogP contribution < -0.4 is 5.32 Å². The van der Waals surface area contributed by atoms with E-state index in [1.165, 1.54) is 37.4 Å². The molecule has 0 aromatic carbocycles. The topological polar surface area (TPSA) is 15.3 Å². The molecular weight excluding hydrogens is 204 g/mol. The molecule has 0 saturated carbocycles. The fraction of sp³-hybridized carbons (Fsp3) is 0.667. The smallest absolute Gasteiger partial charge is 0.0324 e. The summed E-state index contributed by atoms with van der Waals surface area (Å²) >= 11 is 1.86. The second-order valence-corrected chi connectivity index (χ2v) is 5.50. The van der Waals surface area contributed by atoms with Gasteiger partial charge < -0.3 is 10.2 Å². The summed E-state index contributed by atoms with van der Waals surface area (Å²) in [5.74, 6) is 0.899. The molecule has 15 heavy (non-hydrogen) atoms. The van der Waals surface area contributed by atoms with Crippen LogP contribution in [-0.4, -0.2) is 31.6 Å². The first-order valence-corrected chi connectivity index (χ1v) is 6.64. The number of hydrogen-bond acceptors (Lipinski definition) is 3. The minimum absolute atomic E-state index is 0.899. The SMILES string of the molecule is CN(Cc1cccs1)CC1CCNCC1. The van der Waals surface area contributed by atoms with Crippen molar-refractivity contribution in [3.63, 3.8) is 0 Å². The summed E-state index contributed by atoms with van der Waals surface area (Å²) in [5.41, 5.74) is 0. The summed E-state index contributed by atoms with van der Waals surface area (Å²) in [6.07, 6.45) is 2.68. The van der Waals surface area contributed by atoms with Gasteiger partial charge in [-0.2, -0.15) is 0 Å². The minimum Gasteiger partial charge on any atom is -0.317 e. The molecule has 2 heterocycles. The molecule has 0 unspecified atom stereocenters. The van der Waals surface area contributed by atoms with Gasteiger partial charge in [-0.25, -0.2) is 0 Å². The van der Waals surface area contributed by atoms with E-state index in [0.29, 0.717) is 0 Å². The zero-order chi connectivity index (χ0) is 10.5. The van der Waals surface area contributed by atoms with Crippen LogP contribution in [0, 0.1) is 5.92 Å². The highest BCUT2D eigenvalue weighted by Gasteiger charge is 2.14. The summed E-state index contributed by atoms with van der Waals surface area (Å²) in [4.78, 5) is 3.94. The lowest BCUT2D eigenvalue weighted by molar-refractivity contribution is 0.236. The number of nitrogens with zero attached hydrogens (tertiary/aromatic N) is 1. The van der Waals surface area contributed by atoms with E-state index >= 15 is 0 Å². The van der Waals surface area contributed by atoms with Crippen molar-refractivity contribution in [2.24, 2.45) is 5.92 Å². The van der Waals surface area contributed by atoms with Crippen molar-refractivity contribution >= 4 is 11.3 Å². The Labute approximate surface area is 96.3 Å². The van der Waals surface area contributed by atoms with Crippen LogP contribution in [0.15, 0.2) is 17.5 Å². The Bertz CT molecular complexity index is 265. The van der Waals surface area contributed by atoms with Gasteiger partial charge in [0.1, 0.15) is 0 Å². The van der Waals surface area contributed by atoms with Crippen molar-refractivity contribution in [2.45, 2.75) is 19.4 Å². The first-order valence-electron chi connectivity index (χ1n) is 5.76. The normalized spacial score (nSPS) is 18.5. The van der Waals surface area contributed by atoms with Crippen molar-refractivity contribution in [2.75, 3.05) is 26.7 Å². The van der Waals surface area contributed by atoms with E-state index in [0.717, 1.165) is 12.5 Å². The number of rotatable bonds is 4. The molecule has 1 N–H and O–H groups in total. The summed E-state index contributed by atoms with van der Waals surface area (Å²) in [7, 11) is 2.24. The lowest BCUT2D eigenvalue weighted by Crippen LogP contribution is -2.34. The van der Waals surface area contributed by atoms with E-state index in [-0.39, 0.29) is 0 Å². The molecule has 0 amide bonds. The lowest BCUT2D eigenvalue weighted by atomic mass is 9.98. The zero-order valence-corrected chi connectivity index (χ0v) is 10.2. The molecule has 1 aliphatic heterocycles. The van der Waals surface area contributed by atoms with E-state index in [4.69, 9.17) is 0 Å². The van der Waals surface area contributed by atoms with Gasteiger partial charge in [-0.1, -0.05) is 6.07 Å². The standard InChI is InChI=1S/C12H20N2S/c1-14(10-12-3-2-8-15-12)9-11-4-6-13-7-5-11/h2-3,8,11,13H,4-7,9-10H2,1H3. The van der Waals surface area contributed by atoms with Crippen LogP contribution >= 0.6 is 11.3 Å². The second-order valence-electron chi connectivity index (χ2n) is 4.47. The van der Waals surface area contributed by atoms with Crippen molar-refractivity contribution in [1.29, 1.82) is 0 Å². The number of piperidine rings is 1. The van der Waals surface area contributed by atoms with Gasteiger partial charge >= 0.3 is 0 Å². The first-order chi connectivity index (χ1) is 7.34. The van der Waals surface area contributed by atoms with Gasteiger partial charge in [-0.3, -0.25) is 0 Å². The van der Waals surface area contributed by atoms with Gasteiger partial charge in [-0.15, -0.1) is 11.3 Å². The third-order valence-electron chi connectivity index (χ3n) is 3.03. The van der Waals surface area contributed by atoms with Gasteiger partial charge in [0.2, 0.25) is 0 Å². The number of thiophene rings is 1. The first kappa shape index (κ1) is 11.1. The fourth-order valence-electron chi connectivity index (χ4n) is 2.24. The monoisotopic (exact) mass is 224 g/mol. The van der Waals surface area contributed by atoms with E-state index in [2.05, 4.69) is 34.8 Å². The van der Waals surface area contributed by atoms with Crippen LogP contribution in [0.25, 0.3) is 0 Å². The average molecular weight is 224 g/mol. The van der Waals surface area contributed by atoms with Gasteiger partial charge in [0.25, 0.3) is 0 Å². The predicted molar refractivity (Wildman–Crippen MR) is 66.2 cm³/mol. The highest BCUT2D eigenvalue weighted by molar-refractivity contribution is 7.09. The molecule has 1 saturated heterocycles. The van der Waals surface area contributed by atoms with Crippen LogP contribution in [0.3, 0.4) is 0 Å². The van der Waals surface area contributed by atoms with E-state index in [1.54, 1.807) is 0 Å². The van der Waals surface area contributed by atoms with Crippen LogP contribution in [0.5, 0.6) is 0 Å². The highest BCUT2D eigenvalue weighted by Crippen LogP contribution is 2.16. The van der Waals surface area contributed by atoms with Gasteiger partial charge in [0.05, 0.1) is 0 Å². The molecule has 0 spiro atoms. The lowest BCUT2D eigenvalue weighted by Gasteiger charge is -2.27. The van der Waals surface area contributed by atoms with Crippen LogP contribution in [0.2, 0.25) is 0 Å². The van der Waals surface area contributed by atoms with E-state index in [1.807, 2.05) is 11.3 Å². The zero-order valence-electron chi connectivity index (χ0n) is 9.41. The van der Waals surface area contributed by atoms with Crippen LogP contribution in [0.4, 0.5) is 0 Å². The molecule has 0 bridgehead atoms. The number of nitrogens with one attached hydrogen (secondary N) is 1. The Morgan fingerprint density at radius 1 is 1.47 bits per heavy atom. The highest BCUT2D eigenvalue weighted by atomic mass is 32.1. The van der Waals surface area contributed by atoms with Gasteiger partial charge in [0.15, 0.2) is 0 Å². The number of hydrogen-bond donors (Lipinski definition) is 1. The molecule has 2 nitrogen and oxygen atoms in total. The predicted octanol–water partition coefficient (Wildman–Crippen LogP) is 2.18. The minimum atomic E-state index is 0.899.